The quantitative estimate of drug-likeness (QED) is 0.582. The van der Waals surface area contributed by atoms with E-state index in [-0.39, 0.29) is 6.10 Å². The van der Waals surface area contributed by atoms with Gasteiger partial charge < -0.3 is 19.9 Å². The topological polar surface area (TPSA) is 50.7 Å². The van der Waals surface area contributed by atoms with E-state index in [4.69, 9.17) is 9.47 Å². The molecule has 6 fully saturated rings. The molecule has 0 spiro atoms. The van der Waals surface area contributed by atoms with E-state index in [2.05, 4.69) is 39.9 Å². The molecule has 4 aliphatic carbocycles. The molecule has 6 rings (SSSR count). The van der Waals surface area contributed by atoms with Gasteiger partial charge in [-0.3, -0.25) is 0 Å². The van der Waals surface area contributed by atoms with E-state index < -0.39 is 5.79 Å². The number of ether oxygens (including phenoxy) is 2. The summed E-state index contributed by atoms with van der Waals surface area (Å²) in [5.74, 6) is 4.61. The largest absolute Gasteiger partial charge is 0.393 e. The molecule has 2 saturated heterocycles. The third-order valence-electron chi connectivity index (χ3n) is 12.3. The van der Waals surface area contributed by atoms with Gasteiger partial charge in [0.2, 0.25) is 0 Å². The van der Waals surface area contributed by atoms with Gasteiger partial charge in [0.25, 0.3) is 0 Å². The molecule has 0 aromatic heterocycles. The lowest BCUT2D eigenvalue weighted by atomic mass is 9.44. The Balaban J connectivity index is 1.30. The van der Waals surface area contributed by atoms with E-state index in [0.717, 1.165) is 56.1 Å². The summed E-state index contributed by atoms with van der Waals surface area (Å²) in [6.45, 7) is 14.1. The Morgan fingerprint density at radius 3 is 2.58 bits per heavy atom. The zero-order chi connectivity index (χ0) is 23.2. The second-order valence-corrected chi connectivity index (χ2v) is 13.8. The average Bonchev–Trinajstić information content (AvgIpc) is 3.06. The maximum absolute atomic E-state index is 10.4. The number of aliphatic hydroxyl groups excluding tert-OH is 1. The van der Waals surface area contributed by atoms with Gasteiger partial charge in [0.1, 0.15) is 0 Å². The van der Waals surface area contributed by atoms with E-state index >= 15 is 0 Å². The Bertz CT molecular complexity index is 759. The molecule has 188 valence electrons. The summed E-state index contributed by atoms with van der Waals surface area (Å²) in [4.78, 5) is 0. The van der Waals surface area contributed by atoms with Crippen LogP contribution in [0, 0.1) is 52.3 Å². The highest BCUT2D eigenvalue weighted by atomic mass is 16.7. The standard InChI is InChI=1S/C29H49NO3/c1-6-32-29-15-17(2)16-30-26(29)18(3)25-24(33-29)14-23-21-8-7-19-13-20(31)9-11-27(19,4)22(21)10-12-28(23,25)5/h17-26,30-31H,6-16H2,1-5H3/t17-,18+,19+,20+,21-,22+,23+,24-,25+,26-,27+,28+,29+/m1/s1. The Morgan fingerprint density at radius 2 is 1.79 bits per heavy atom. The number of rotatable bonds is 2. The molecule has 13 atom stereocenters. The van der Waals surface area contributed by atoms with Crippen LogP contribution in [0.5, 0.6) is 0 Å². The predicted molar refractivity (Wildman–Crippen MR) is 131 cm³/mol. The molecule has 0 aromatic rings. The summed E-state index contributed by atoms with van der Waals surface area (Å²) < 4.78 is 13.7. The SMILES string of the molecule is CCO[C@]12C[C@@H](C)CN[C@@H]1[C@@H](C)[C@H]1[C@@H](C[C@H]3[C@@H]4CC[C@H]5C[C@@H](O)CC[C@]5(C)[C@H]4CC[C@]13C)O2. The van der Waals surface area contributed by atoms with Gasteiger partial charge in [0.15, 0.2) is 5.79 Å². The Kier molecular flexibility index (Phi) is 5.58. The summed E-state index contributed by atoms with van der Waals surface area (Å²) in [6.07, 6.45) is 11.3. The normalized spacial score (nSPS) is 60.2. The van der Waals surface area contributed by atoms with Crippen LogP contribution in [0.15, 0.2) is 0 Å². The summed E-state index contributed by atoms with van der Waals surface area (Å²) in [5.41, 5.74) is 0.840. The fraction of sp³-hybridized carbons (Fsp3) is 1.00. The monoisotopic (exact) mass is 459 g/mol. The highest BCUT2D eigenvalue weighted by Crippen LogP contribution is 2.70. The third kappa shape index (κ3) is 3.22. The minimum absolute atomic E-state index is 0.0509. The molecule has 33 heavy (non-hydrogen) atoms. The molecular weight excluding hydrogens is 410 g/mol. The van der Waals surface area contributed by atoms with Crippen molar-refractivity contribution >= 4 is 0 Å². The van der Waals surface area contributed by atoms with E-state index in [1.165, 1.54) is 38.5 Å². The number of hydrogen-bond acceptors (Lipinski definition) is 4. The molecule has 0 bridgehead atoms. The first kappa shape index (κ1) is 23.3. The summed E-state index contributed by atoms with van der Waals surface area (Å²) >= 11 is 0. The first-order valence-electron chi connectivity index (χ1n) is 14.4. The summed E-state index contributed by atoms with van der Waals surface area (Å²) in [5, 5.41) is 14.3. The van der Waals surface area contributed by atoms with Crippen molar-refractivity contribution in [3.8, 4) is 0 Å². The maximum atomic E-state index is 10.4. The highest BCUT2D eigenvalue weighted by molar-refractivity contribution is 5.16. The van der Waals surface area contributed by atoms with Crippen molar-refractivity contribution in [2.45, 2.75) is 116 Å². The van der Waals surface area contributed by atoms with Crippen LogP contribution >= 0.6 is 0 Å². The van der Waals surface area contributed by atoms with Gasteiger partial charge in [0.05, 0.1) is 18.2 Å². The molecule has 4 heteroatoms. The van der Waals surface area contributed by atoms with Gasteiger partial charge in [-0.15, -0.1) is 0 Å². The number of nitrogens with one attached hydrogen (secondary N) is 1. The number of hydrogen-bond donors (Lipinski definition) is 2. The van der Waals surface area contributed by atoms with Crippen molar-refractivity contribution < 1.29 is 14.6 Å². The molecule has 0 aromatic carbocycles. The van der Waals surface area contributed by atoms with Crippen LogP contribution in [-0.4, -0.2) is 42.3 Å². The van der Waals surface area contributed by atoms with Crippen molar-refractivity contribution in [1.29, 1.82) is 0 Å². The number of fused-ring (bicyclic) bond motifs is 8. The molecule has 2 aliphatic heterocycles. The lowest BCUT2D eigenvalue weighted by Gasteiger charge is -2.62. The molecule has 0 unspecified atom stereocenters. The van der Waals surface area contributed by atoms with Crippen molar-refractivity contribution in [2.24, 2.45) is 52.3 Å². The smallest absolute Gasteiger partial charge is 0.184 e. The van der Waals surface area contributed by atoms with E-state index in [9.17, 15) is 5.11 Å². The van der Waals surface area contributed by atoms with Crippen LogP contribution in [-0.2, 0) is 9.47 Å². The predicted octanol–water partition coefficient (Wildman–Crippen LogP) is 5.38. The Hall–Kier alpha value is -0.160. The van der Waals surface area contributed by atoms with Gasteiger partial charge in [-0.25, -0.2) is 0 Å². The van der Waals surface area contributed by atoms with Crippen molar-refractivity contribution in [2.75, 3.05) is 13.2 Å². The lowest BCUT2D eigenvalue weighted by Crippen LogP contribution is -2.69. The van der Waals surface area contributed by atoms with E-state index in [1.807, 2.05) is 0 Å². The second-order valence-electron chi connectivity index (χ2n) is 13.8. The first-order chi connectivity index (χ1) is 15.7. The molecule has 2 N–H and O–H groups in total. The van der Waals surface area contributed by atoms with Crippen molar-refractivity contribution in [3.63, 3.8) is 0 Å². The molecule has 4 saturated carbocycles. The lowest BCUT2D eigenvalue weighted by molar-refractivity contribution is -0.329. The van der Waals surface area contributed by atoms with E-state index in [0.29, 0.717) is 40.7 Å². The molecule has 4 nitrogen and oxygen atoms in total. The number of aliphatic hydroxyl groups is 1. The zero-order valence-electron chi connectivity index (χ0n) is 21.8. The van der Waals surface area contributed by atoms with Gasteiger partial charge in [-0.1, -0.05) is 27.7 Å². The fourth-order valence-electron chi connectivity index (χ4n) is 11.1. The molecular formula is C29H49NO3. The maximum Gasteiger partial charge on any atom is 0.184 e. The minimum Gasteiger partial charge on any atom is -0.393 e. The van der Waals surface area contributed by atoms with Gasteiger partial charge in [-0.2, -0.15) is 0 Å². The van der Waals surface area contributed by atoms with Crippen molar-refractivity contribution in [3.05, 3.63) is 0 Å². The van der Waals surface area contributed by atoms with Gasteiger partial charge in [-0.05, 0) is 117 Å². The molecule has 0 radical (unpaired) electrons. The Labute approximate surface area is 201 Å². The zero-order valence-corrected chi connectivity index (χ0v) is 21.8. The minimum atomic E-state index is -0.431. The Morgan fingerprint density at radius 1 is 1.00 bits per heavy atom. The fourth-order valence-corrected chi connectivity index (χ4v) is 11.1. The van der Waals surface area contributed by atoms with Crippen LogP contribution in [0.3, 0.4) is 0 Å². The van der Waals surface area contributed by atoms with E-state index in [1.54, 1.807) is 0 Å². The highest BCUT2D eigenvalue weighted by Gasteiger charge is 2.68. The van der Waals surface area contributed by atoms with Gasteiger partial charge in [0, 0.05) is 13.0 Å². The second kappa shape index (κ2) is 7.92. The van der Waals surface area contributed by atoms with Crippen molar-refractivity contribution in [1.82, 2.24) is 5.32 Å². The first-order valence-corrected chi connectivity index (χ1v) is 14.4. The van der Waals surface area contributed by atoms with Crippen LogP contribution in [0.1, 0.15) is 92.4 Å². The van der Waals surface area contributed by atoms with Crippen LogP contribution in [0.2, 0.25) is 0 Å². The molecule has 0 amide bonds. The molecule has 6 aliphatic rings. The number of piperidine rings is 1. The van der Waals surface area contributed by atoms with Gasteiger partial charge >= 0.3 is 0 Å². The average molecular weight is 460 g/mol. The molecule has 2 heterocycles. The van der Waals surface area contributed by atoms with Crippen LogP contribution < -0.4 is 5.32 Å². The summed E-state index contributed by atoms with van der Waals surface area (Å²) in [6, 6.07) is 0.316. The summed E-state index contributed by atoms with van der Waals surface area (Å²) in [7, 11) is 0. The van der Waals surface area contributed by atoms with Crippen LogP contribution in [0.4, 0.5) is 0 Å². The third-order valence-corrected chi connectivity index (χ3v) is 12.3. The van der Waals surface area contributed by atoms with Crippen LogP contribution in [0.25, 0.3) is 0 Å².